The number of nitrogens with two attached hydrogens (primary N) is 1. The van der Waals surface area contributed by atoms with E-state index in [0.717, 1.165) is 56.7 Å². The molecule has 8 nitrogen and oxygen atoms in total. The first-order valence-corrected chi connectivity index (χ1v) is 12.2. The van der Waals surface area contributed by atoms with Crippen molar-refractivity contribution in [3.8, 4) is 0 Å². The first-order valence-electron chi connectivity index (χ1n) is 12.2. The van der Waals surface area contributed by atoms with Gasteiger partial charge >= 0.3 is 6.18 Å². The van der Waals surface area contributed by atoms with E-state index in [2.05, 4.69) is 20.6 Å². The molecule has 4 N–H and O–H groups in total. The van der Waals surface area contributed by atoms with Gasteiger partial charge in [-0.15, -0.1) is 0 Å². The van der Waals surface area contributed by atoms with Crippen LogP contribution in [0, 0.1) is 11.7 Å². The number of fused-ring (bicyclic) bond motifs is 1. The van der Waals surface area contributed by atoms with Crippen LogP contribution >= 0.6 is 0 Å². The second-order valence-electron chi connectivity index (χ2n) is 9.47. The summed E-state index contributed by atoms with van der Waals surface area (Å²) < 4.78 is 61.7. The van der Waals surface area contributed by atoms with Gasteiger partial charge in [0, 0.05) is 25.3 Å². The molecular formula is C24H29F4N7O. The van der Waals surface area contributed by atoms with Gasteiger partial charge in [0.15, 0.2) is 5.65 Å². The van der Waals surface area contributed by atoms with Gasteiger partial charge in [0.25, 0.3) is 0 Å². The van der Waals surface area contributed by atoms with E-state index in [0.29, 0.717) is 42.8 Å². The molecule has 1 saturated heterocycles. The van der Waals surface area contributed by atoms with E-state index < -0.39 is 17.6 Å². The Bertz CT molecular complexity index is 1200. The number of hydrogen-bond donors (Lipinski definition) is 3. The highest BCUT2D eigenvalue weighted by Gasteiger charge is 2.32. The average Bonchev–Trinajstić information content (AvgIpc) is 3.22. The number of imidazole rings is 1. The molecule has 0 spiro atoms. The Labute approximate surface area is 205 Å². The maximum absolute atomic E-state index is 14.6. The Morgan fingerprint density at radius 3 is 2.50 bits per heavy atom. The summed E-state index contributed by atoms with van der Waals surface area (Å²) in [5.41, 5.74) is 5.64. The third-order valence-electron chi connectivity index (χ3n) is 7.04. The number of aromatic nitrogens is 4. The van der Waals surface area contributed by atoms with Crippen LogP contribution in [0.3, 0.4) is 0 Å². The third kappa shape index (κ3) is 5.24. The Kier molecular flexibility index (Phi) is 6.98. The summed E-state index contributed by atoms with van der Waals surface area (Å²) in [4.78, 5) is 13.7. The van der Waals surface area contributed by atoms with Crippen LogP contribution in [0.25, 0.3) is 11.2 Å². The van der Waals surface area contributed by atoms with Gasteiger partial charge < -0.3 is 21.1 Å². The number of nitrogens with one attached hydrogen (secondary N) is 2. The van der Waals surface area contributed by atoms with Crippen LogP contribution in [0.2, 0.25) is 0 Å². The summed E-state index contributed by atoms with van der Waals surface area (Å²) in [6.45, 7) is 1.94. The smallest absolute Gasteiger partial charge is 0.381 e. The van der Waals surface area contributed by atoms with Gasteiger partial charge in [0.1, 0.15) is 11.3 Å². The molecule has 0 unspecified atom stereocenters. The monoisotopic (exact) mass is 507 g/mol. The molecule has 1 aliphatic carbocycles. The van der Waals surface area contributed by atoms with E-state index in [1.807, 2.05) is 4.57 Å². The molecule has 12 heteroatoms. The summed E-state index contributed by atoms with van der Waals surface area (Å²) in [5, 5.41) is 6.16. The number of halogens is 4. The van der Waals surface area contributed by atoms with Crippen molar-refractivity contribution < 1.29 is 22.3 Å². The van der Waals surface area contributed by atoms with E-state index in [1.54, 1.807) is 6.20 Å². The SMILES string of the molecule is NCC1CCC(n2c(Nc3cc(C(F)(F)F)ccc3F)nc3cnc(NC4CCOCC4)nc32)CC1. The minimum Gasteiger partial charge on any atom is -0.381 e. The van der Waals surface area contributed by atoms with E-state index in [9.17, 15) is 17.6 Å². The molecule has 3 aromatic rings. The lowest BCUT2D eigenvalue weighted by Gasteiger charge is -2.30. The summed E-state index contributed by atoms with van der Waals surface area (Å²) in [6, 6.07) is 2.45. The predicted molar refractivity (Wildman–Crippen MR) is 128 cm³/mol. The Morgan fingerprint density at radius 1 is 1.06 bits per heavy atom. The van der Waals surface area contributed by atoms with Crippen molar-refractivity contribution in [1.29, 1.82) is 0 Å². The quantitative estimate of drug-likeness (QED) is 0.403. The molecule has 3 heterocycles. The minimum absolute atomic E-state index is 0.0139. The molecule has 0 radical (unpaired) electrons. The number of alkyl halides is 3. The van der Waals surface area contributed by atoms with Gasteiger partial charge in [-0.25, -0.2) is 14.4 Å². The standard InChI is InChI=1S/C24H29F4N7O/c25-18-6-3-15(24(26,27)28)11-19(18)32-23-33-20-13-30-22(31-16-7-9-36-10-8-16)34-21(20)35(23)17-4-1-14(12-29)2-5-17/h3,6,11,13-14,16-17H,1-2,4-5,7-10,12,29H2,(H,32,33)(H,30,31,34). The molecule has 0 atom stereocenters. The number of rotatable bonds is 6. The number of hydrogen-bond acceptors (Lipinski definition) is 7. The fourth-order valence-electron chi connectivity index (χ4n) is 4.98. The molecule has 2 aromatic heterocycles. The lowest BCUT2D eigenvalue weighted by molar-refractivity contribution is -0.137. The summed E-state index contributed by atoms with van der Waals surface area (Å²) >= 11 is 0. The molecule has 0 bridgehead atoms. The molecule has 194 valence electrons. The van der Waals surface area contributed by atoms with Crippen molar-refractivity contribution in [2.24, 2.45) is 11.7 Å². The maximum atomic E-state index is 14.6. The van der Waals surface area contributed by atoms with Crippen LogP contribution in [0.1, 0.15) is 50.1 Å². The van der Waals surface area contributed by atoms with E-state index >= 15 is 0 Å². The van der Waals surface area contributed by atoms with E-state index in [-0.39, 0.29) is 23.7 Å². The van der Waals surface area contributed by atoms with Crippen molar-refractivity contribution >= 4 is 28.7 Å². The van der Waals surface area contributed by atoms with Crippen molar-refractivity contribution in [2.45, 2.75) is 56.8 Å². The van der Waals surface area contributed by atoms with Crippen LogP contribution in [0.5, 0.6) is 0 Å². The fraction of sp³-hybridized carbons (Fsp3) is 0.542. The fourth-order valence-corrected chi connectivity index (χ4v) is 4.98. The third-order valence-corrected chi connectivity index (χ3v) is 7.04. The first-order chi connectivity index (χ1) is 17.3. The number of anilines is 3. The normalized spacial score (nSPS) is 21.6. The van der Waals surface area contributed by atoms with E-state index in [4.69, 9.17) is 15.5 Å². The Balaban J connectivity index is 1.52. The van der Waals surface area contributed by atoms with Gasteiger partial charge in [-0.1, -0.05) is 0 Å². The van der Waals surface area contributed by atoms with Gasteiger partial charge in [-0.05, 0) is 69.2 Å². The van der Waals surface area contributed by atoms with Gasteiger partial charge in [0.2, 0.25) is 11.9 Å². The van der Waals surface area contributed by atoms with E-state index in [1.165, 1.54) is 0 Å². The lowest BCUT2D eigenvalue weighted by Crippen LogP contribution is -2.28. The Hall–Kier alpha value is -2.99. The van der Waals surface area contributed by atoms with Crippen LogP contribution in [-0.2, 0) is 10.9 Å². The number of benzene rings is 1. The molecular weight excluding hydrogens is 478 g/mol. The summed E-state index contributed by atoms with van der Waals surface area (Å²) in [5.74, 6) is 0.301. The van der Waals surface area contributed by atoms with Crippen molar-refractivity contribution in [3.05, 3.63) is 35.8 Å². The van der Waals surface area contributed by atoms with Gasteiger partial charge in [-0.3, -0.25) is 4.57 Å². The van der Waals surface area contributed by atoms with Gasteiger partial charge in [-0.2, -0.15) is 18.2 Å². The zero-order valence-electron chi connectivity index (χ0n) is 19.7. The van der Waals surface area contributed by atoms with Crippen LogP contribution in [0.4, 0.5) is 35.1 Å². The predicted octanol–water partition coefficient (Wildman–Crippen LogP) is 5.01. The lowest BCUT2D eigenvalue weighted by atomic mass is 9.86. The van der Waals surface area contributed by atoms with Crippen LogP contribution in [-0.4, -0.2) is 45.3 Å². The molecule has 1 saturated carbocycles. The molecule has 5 rings (SSSR count). The topological polar surface area (TPSA) is 103 Å². The zero-order valence-corrected chi connectivity index (χ0v) is 19.7. The van der Waals surface area contributed by atoms with Gasteiger partial charge in [0.05, 0.1) is 17.4 Å². The second kappa shape index (κ2) is 10.2. The summed E-state index contributed by atoms with van der Waals surface area (Å²) in [6.07, 6.45) is 2.10. The van der Waals surface area contributed by atoms with Crippen molar-refractivity contribution in [1.82, 2.24) is 19.5 Å². The van der Waals surface area contributed by atoms with Crippen LogP contribution in [0.15, 0.2) is 24.4 Å². The highest BCUT2D eigenvalue weighted by atomic mass is 19.4. The highest BCUT2D eigenvalue weighted by Crippen LogP contribution is 2.38. The molecule has 2 fully saturated rings. The average molecular weight is 508 g/mol. The molecule has 2 aliphatic rings. The number of nitrogens with zero attached hydrogens (tertiary/aromatic N) is 4. The van der Waals surface area contributed by atoms with Crippen molar-refractivity contribution in [2.75, 3.05) is 30.4 Å². The number of ether oxygens (including phenoxy) is 1. The molecule has 36 heavy (non-hydrogen) atoms. The van der Waals surface area contributed by atoms with Crippen LogP contribution < -0.4 is 16.4 Å². The summed E-state index contributed by atoms with van der Waals surface area (Å²) in [7, 11) is 0. The largest absolute Gasteiger partial charge is 0.416 e. The maximum Gasteiger partial charge on any atom is 0.416 e. The Morgan fingerprint density at radius 2 is 1.81 bits per heavy atom. The zero-order chi connectivity index (χ0) is 25.3. The molecule has 1 aliphatic heterocycles. The molecule has 1 aromatic carbocycles. The highest BCUT2D eigenvalue weighted by molar-refractivity contribution is 5.76. The minimum atomic E-state index is -4.60. The van der Waals surface area contributed by atoms with Crippen molar-refractivity contribution in [3.63, 3.8) is 0 Å². The molecule has 0 amide bonds. The first kappa shape index (κ1) is 24.7. The second-order valence-corrected chi connectivity index (χ2v) is 9.47.